The fourth-order valence-electron chi connectivity index (χ4n) is 1.38. The second-order valence-corrected chi connectivity index (χ2v) is 3.71. The number of anilines is 2. The molecule has 90 valence electrons. The van der Waals surface area contributed by atoms with Crippen molar-refractivity contribution in [1.29, 1.82) is 5.26 Å². The van der Waals surface area contributed by atoms with Gasteiger partial charge in [0.1, 0.15) is 0 Å². The van der Waals surface area contributed by atoms with Crippen LogP contribution >= 0.6 is 0 Å². The lowest BCUT2D eigenvalue weighted by Gasteiger charge is -2.18. The molecule has 17 heavy (non-hydrogen) atoms. The maximum absolute atomic E-state index is 11.5. The fraction of sp³-hybridized carbons (Fsp3) is 0.333. The van der Waals surface area contributed by atoms with E-state index in [-0.39, 0.29) is 12.5 Å². The quantitative estimate of drug-likeness (QED) is 0.579. The average Bonchev–Trinajstić information content (AvgIpc) is 2.29. The molecule has 1 aromatic rings. The molecule has 0 saturated heterocycles. The largest absolute Gasteiger partial charge is 0.399 e. The maximum Gasteiger partial charge on any atom is 0.239 e. The van der Waals surface area contributed by atoms with Gasteiger partial charge in [0.25, 0.3) is 0 Å². The summed E-state index contributed by atoms with van der Waals surface area (Å²) in [6.45, 7) is 0.634. The van der Waals surface area contributed by atoms with Crippen molar-refractivity contribution in [2.75, 3.05) is 30.8 Å². The Hall–Kier alpha value is -2.22. The number of carbonyl (C=O) groups excluding carboxylic acids is 1. The van der Waals surface area contributed by atoms with E-state index in [4.69, 9.17) is 11.0 Å². The van der Waals surface area contributed by atoms with E-state index in [1.54, 1.807) is 11.0 Å². The standard InChI is InChI=1S/C12H16N4O/c1-16(9-12(17)15-7-3-6-13)11-5-2-4-10(14)8-11/h2,4-5,8H,3,7,9,14H2,1H3,(H,15,17). The molecule has 1 rings (SSSR count). The Morgan fingerprint density at radius 3 is 3.00 bits per heavy atom. The lowest BCUT2D eigenvalue weighted by molar-refractivity contribution is -0.119. The number of rotatable bonds is 5. The molecule has 1 amide bonds. The van der Waals surface area contributed by atoms with Gasteiger partial charge in [-0.1, -0.05) is 6.07 Å². The molecule has 0 aliphatic rings. The summed E-state index contributed by atoms with van der Waals surface area (Å²) in [7, 11) is 1.82. The first-order valence-electron chi connectivity index (χ1n) is 5.34. The Morgan fingerprint density at radius 2 is 2.35 bits per heavy atom. The van der Waals surface area contributed by atoms with Crippen molar-refractivity contribution in [2.24, 2.45) is 0 Å². The smallest absolute Gasteiger partial charge is 0.239 e. The van der Waals surface area contributed by atoms with Crippen LogP contribution in [0, 0.1) is 11.3 Å². The zero-order chi connectivity index (χ0) is 12.7. The number of nitrogens with two attached hydrogens (primary N) is 1. The molecule has 3 N–H and O–H groups in total. The van der Waals surface area contributed by atoms with Crippen LogP contribution in [0.3, 0.4) is 0 Å². The van der Waals surface area contributed by atoms with Gasteiger partial charge in [-0.25, -0.2) is 0 Å². The number of amides is 1. The predicted octanol–water partition coefficient (Wildman–Crippen LogP) is 0.735. The summed E-state index contributed by atoms with van der Waals surface area (Å²) >= 11 is 0. The van der Waals surface area contributed by atoms with Crippen LogP contribution in [0.25, 0.3) is 0 Å². The normalized spacial score (nSPS) is 9.41. The minimum atomic E-state index is -0.106. The van der Waals surface area contributed by atoms with E-state index < -0.39 is 0 Å². The van der Waals surface area contributed by atoms with Gasteiger partial charge in [-0.05, 0) is 18.2 Å². The van der Waals surface area contributed by atoms with Crippen molar-refractivity contribution < 1.29 is 4.79 Å². The van der Waals surface area contributed by atoms with Gasteiger partial charge in [0.15, 0.2) is 0 Å². The number of nitrogen functional groups attached to an aromatic ring is 1. The van der Waals surface area contributed by atoms with Crippen LogP contribution in [0.15, 0.2) is 24.3 Å². The Morgan fingerprint density at radius 1 is 1.59 bits per heavy atom. The minimum Gasteiger partial charge on any atom is -0.399 e. The molecular weight excluding hydrogens is 216 g/mol. The number of nitrogens with one attached hydrogen (secondary N) is 1. The molecule has 0 radical (unpaired) electrons. The number of carbonyl (C=O) groups is 1. The average molecular weight is 232 g/mol. The topological polar surface area (TPSA) is 82.2 Å². The number of likely N-dealkylation sites (N-methyl/N-ethyl adjacent to an activating group) is 1. The van der Waals surface area contributed by atoms with E-state index in [0.29, 0.717) is 18.7 Å². The van der Waals surface area contributed by atoms with Gasteiger partial charge in [-0.2, -0.15) is 5.26 Å². The van der Waals surface area contributed by atoms with Crippen molar-refractivity contribution in [3.63, 3.8) is 0 Å². The van der Waals surface area contributed by atoms with Crippen molar-refractivity contribution in [1.82, 2.24) is 5.32 Å². The lowest BCUT2D eigenvalue weighted by atomic mass is 10.2. The summed E-state index contributed by atoms with van der Waals surface area (Å²) in [5, 5.41) is 11.0. The first kappa shape index (κ1) is 12.8. The highest BCUT2D eigenvalue weighted by Gasteiger charge is 2.06. The van der Waals surface area contributed by atoms with E-state index in [0.717, 1.165) is 5.69 Å². The summed E-state index contributed by atoms with van der Waals surface area (Å²) in [6.07, 6.45) is 0.327. The van der Waals surface area contributed by atoms with E-state index in [9.17, 15) is 4.79 Å². The predicted molar refractivity (Wildman–Crippen MR) is 67.4 cm³/mol. The number of nitrogens with zero attached hydrogens (tertiary/aromatic N) is 2. The molecule has 0 aliphatic heterocycles. The lowest BCUT2D eigenvalue weighted by Crippen LogP contribution is -2.35. The van der Waals surface area contributed by atoms with Gasteiger partial charge in [0, 0.05) is 25.0 Å². The zero-order valence-corrected chi connectivity index (χ0v) is 9.81. The van der Waals surface area contributed by atoms with Gasteiger partial charge < -0.3 is 16.0 Å². The highest BCUT2D eigenvalue weighted by molar-refractivity contribution is 5.81. The Bertz CT molecular complexity index is 425. The molecule has 0 unspecified atom stereocenters. The molecule has 0 atom stereocenters. The van der Waals surface area contributed by atoms with E-state index in [1.807, 2.05) is 31.3 Å². The summed E-state index contributed by atoms with van der Waals surface area (Å²) in [4.78, 5) is 13.3. The number of hydrogen-bond acceptors (Lipinski definition) is 4. The van der Waals surface area contributed by atoms with Crippen LogP contribution in [0.4, 0.5) is 11.4 Å². The van der Waals surface area contributed by atoms with Gasteiger partial charge in [-0.3, -0.25) is 4.79 Å². The van der Waals surface area contributed by atoms with Crippen LogP contribution in [0.1, 0.15) is 6.42 Å². The van der Waals surface area contributed by atoms with Crippen molar-refractivity contribution in [3.05, 3.63) is 24.3 Å². The summed E-state index contributed by atoms with van der Waals surface area (Å²) < 4.78 is 0. The summed E-state index contributed by atoms with van der Waals surface area (Å²) in [6, 6.07) is 9.30. The Balaban J connectivity index is 2.46. The van der Waals surface area contributed by atoms with Crippen LogP contribution in [0.2, 0.25) is 0 Å². The Labute approximate surface area is 101 Å². The molecule has 0 spiro atoms. The second-order valence-electron chi connectivity index (χ2n) is 3.71. The number of nitriles is 1. The van der Waals surface area contributed by atoms with Gasteiger partial charge in [0.2, 0.25) is 5.91 Å². The highest BCUT2D eigenvalue weighted by Crippen LogP contribution is 2.15. The van der Waals surface area contributed by atoms with Crippen molar-refractivity contribution in [3.8, 4) is 6.07 Å². The molecular formula is C12H16N4O. The Kier molecular flexibility index (Phi) is 4.82. The van der Waals surface area contributed by atoms with E-state index in [2.05, 4.69) is 5.32 Å². The molecule has 0 bridgehead atoms. The third kappa shape index (κ3) is 4.43. The van der Waals surface area contributed by atoms with Crippen LogP contribution in [0.5, 0.6) is 0 Å². The molecule has 0 aliphatic carbocycles. The van der Waals surface area contributed by atoms with Gasteiger partial charge in [-0.15, -0.1) is 0 Å². The molecule has 0 saturated carbocycles. The zero-order valence-electron chi connectivity index (χ0n) is 9.81. The molecule has 1 aromatic carbocycles. The maximum atomic E-state index is 11.5. The first-order valence-corrected chi connectivity index (χ1v) is 5.34. The third-order valence-corrected chi connectivity index (χ3v) is 2.25. The van der Waals surface area contributed by atoms with Crippen molar-refractivity contribution in [2.45, 2.75) is 6.42 Å². The molecule has 5 nitrogen and oxygen atoms in total. The number of benzene rings is 1. The first-order chi connectivity index (χ1) is 8.13. The molecule has 5 heteroatoms. The van der Waals surface area contributed by atoms with Crippen molar-refractivity contribution >= 4 is 17.3 Å². The molecule has 0 heterocycles. The number of hydrogen-bond donors (Lipinski definition) is 2. The van der Waals surface area contributed by atoms with Gasteiger partial charge in [0.05, 0.1) is 19.0 Å². The monoisotopic (exact) mass is 232 g/mol. The van der Waals surface area contributed by atoms with Crippen LogP contribution < -0.4 is 16.0 Å². The fourth-order valence-corrected chi connectivity index (χ4v) is 1.38. The van der Waals surface area contributed by atoms with Crippen LogP contribution in [-0.2, 0) is 4.79 Å². The summed E-state index contributed by atoms with van der Waals surface area (Å²) in [5.74, 6) is -0.106. The minimum absolute atomic E-state index is 0.106. The highest BCUT2D eigenvalue weighted by atomic mass is 16.2. The molecule has 0 aromatic heterocycles. The summed E-state index contributed by atoms with van der Waals surface area (Å²) in [5.41, 5.74) is 7.22. The third-order valence-electron chi connectivity index (χ3n) is 2.25. The second kappa shape index (κ2) is 6.38. The van der Waals surface area contributed by atoms with E-state index >= 15 is 0 Å². The van der Waals surface area contributed by atoms with Crippen LogP contribution in [-0.4, -0.2) is 26.0 Å². The van der Waals surface area contributed by atoms with E-state index in [1.165, 1.54) is 0 Å². The SMILES string of the molecule is CN(CC(=O)NCCC#N)c1cccc(N)c1. The molecule has 0 fully saturated rings. The van der Waals surface area contributed by atoms with Gasteiger partial charge >= 0.3 is 0 Å².